The maximum absolute atomic E-state index is 11.9. The van der Waals surface area contributed by atoms with Crippen LogP contribution >= 0.6 is 0 Å². The molecule has 0 atom stereocenters. The largest absolute Gasteiger partial charge is 0.465 e. The van der Waals surface area contributed by atoms with E-state index in [1.807, 2.05) is 0 Å². The summed E-state index contributed by atoms with van der Waals surface area (Å²) in [4.78, 5) is 27.4. The van der Waals surface area contributed by atoms with Crippen LogP contribution in [0.15, 0.2) is 65.8 Å². The van der Waals surface area contributed by atoms with Gasteiger partial charge in [0, 0.05) is 11.8 Å². The number of carbonyl (C=O) groups excluding carboxylic acids is 2. The molecule has 3 rings (SSSR count). The lowest BCUT2D eigenvalue weighted by molar-refractivity contribution is -0.121. The Balaban J connectivity index is 1.46. The van der Waals surface area contributed by atoms with E-state index in [1.165, 1.54) is 24.7 Å². The Hall–Kier alpha value is -3.68. The van der Waals surface area contributed by atoms with Gasteiger partial charge in [-0.2, -0.15) is 5.10 Å². The lowest BCUT2D eigenvalue weighted by Gasteiger charge is -2.07. The fourth-order valence-corrected chi connectivity index (χ4v) is 2.01. The quantitative estimate of drug-likeness (QED) is 0.666. The fourth-order valence-electron chi connectivity index (χ4n) is 2.01. The van der Waals surface area contributed by atoms with Crippen molar-refractivity contribution < 1.29 is 14.0 Å². The Morgan fingerprint density at radius 1 is 1.20 bits per heavy atom. The number of hydrogen-bond donors (Lipinski definition) is 2. The molecule has 2 N–H and O–H groups in total. The number of benzene rings is 1. The number of carbonyl (C=O) groups is 2. The molecular formula is C17H15N5O3. The molecule has 0 aliphatic carbocycles. The first-order valence-corrected chi connectivity index (χ1v) is 7.45. The first kappa shape index (κ1) is 16.2. The molecule has 0 aliphatic rings. The maximum Gasteiger partial charge on any atom is 0.244 e. The van der Waals surface area contributed by atoms with Crippen LogP contribution in [0, 0.1) is 0 Å². The third kappa shape index (κ3) is 4.64. The second kappa shape index (κ2) is 7.73. The van der Waals surface area contributed by atoms with Gasteiger partial charge in [0.15, 0.2) is 0 Å². The molecule has 8 nitrogen and oxygen atoms in total. The molecule has 0 bridgehead atoms. The van der Waals surface area contributed by atoms with E-state index in [0.717, 1.165) is 5.69 Å². The van der Waals surface area contributed by atoms with E-state index < -0.39 is 0 Å². The van der Waals surface area contributed by atoms with E-state index in [0.29, 0.717) is 11.4 Å². The number of anilines is 1. The minimum Gasteiger partial charge on any atom is -0.465 e. The van der Waals surface area contributed by atoms with Crippen molar-refractivity contribution in [3.63, 3.8) is 0 Å². The number of nitrogens with zero attached hydrogens (tertiary/aromatic N) is 3. The van der Waals surface area contributed by atoms with Gasteiger partial charge >= 0.3 is 0 Å². The molecular weight excluding hydrogens is 322 g/mol. The molecule has 1 aromatic carbocycles. The van der Waals surface area contributed by atoms with E-state index >= 15 is 0 Å². The Morgan fingerprint density at radius 2 is 2.04 bits per heavy atom. The zero-order valence-corrected chi connectivity index (χ0v) is 13.1. The summed E-state index contributed by atoms with van der Waals surface area (Å²) in [5.74, 6) is -0.145. The molecule has 8 heteroatoms. The highest BCUT2D eigenvalue weighted by Crippen LogP contribution is 2.11. The molecule has 2 amide bonds. The van der Waals surface area contributed by atoms with Crippen LogP contribution in [-0.2, 0) is 9.59 Å². The van der Waals surface area contributed by atoms with Crippen LogP contribution in [0.25, 0.3) is 11.8 Å². The number of rotatable bonds is 6. The van der Waals surface area contributed by atoms with Crippen LogP contribution in [0.3, 0.4) is 0 Å². The van der Waals surface area contributed by atoms with Gasteiger partial charge in [-0.25, -0.2) is 9.67 Å². The number of amides is 2. The summed E-state index contributed by atoms with van der Waals surface area (Å²) in [6, 6.07) is 10.5. The summed E-state index contributed by atoms with van der Waals surface area (Å²) in [7, 11) is 0. The summed E-state index contributed by atoms with van der Waals surface area (Å²) in [5, 5.41) is 9.21. The lowest BCUT2D eigenvalue weighted by atomic mass is 10.3. The zero-order chi connectivity index (χ0) is 17.5. The van der Waals surface area contributed by atoms with E-state index in [9.17, 15) is 9.59 Å². The van der Waals surface area contributed by atoms with E-state index in [4.69, 9.17) is 4.42 Å². The molecule has 126 valence electrons. The van der Waals surface area contributed by atoms with Crippen molar-refractivity contribution in [2.45, 2.75) is 0 Å². The highest BCUT2D eigenvalue weighted by atomic mass is 16.3. The molecule has 2 heterocycles. The monoisotopic (exact) mass is 337 g/mol. The van der Waals surface area contributed by atoms with Gasteiger partial charge in [0.25, 0.3) is 0 Å². The highest BCUT2D eigenvalue weighted by molar-refractivity contribution is 5.97. The predicted octanol–water partition coefficient (Wildman–Crippen LogP) is 1.63. The van der Waals surface area contributed by atoms with Crippen LogP contribution in [0.2, 0.25) is 0 Å². The van der Waals surface area contributed by atoms with Crippen LogP contribution in [-0.4, -0.2) is 33.1 Å². The molecule has 0 fully saturated rings. The highest BCUT2D eigenvalue weighted by Gasteiger charge is 2.05. The van der Waals surface area contributed by atoms with E-state index in [-0.39, 0.29) is 18.4 Å². The van der Waals surface area contributed by atoms with E-state index in [2.05, 4.69) is 20.7 Å². The van der Waals surface area contributed by atoms with Gasteiger partial charge in [0.05, 0.1) is 18.5 Å². The van der Waals surface area contributed by atoms with E-state index in [1.54, 1.807) is 47.4 Å². The van der Waals surface area contributed by atoms with Crippen LogP contribution in [0.5, 0.6) is 0 Å². The average molecular weight is 337 g/mol. The summed E-state index contributed by atoms with van der Waals surface area (Å²) >= 11 is 0. The first-order valence-electron chi connectivity index (χ1n) is 7.45. The Bertz CT molecular complexity index is 852. The average Bonchev–Trinajstić information content (AvgIpc) is 3.32. The van der Waals surface area contributed by atoms with Crippen molar-refractivity contribution in [2.24, 2.45) is 0 Å². The number of aromatic nitrogens is 3. The third-order valence-corrected chi connectivity index (χ3v) is 3.20. The summed E-state index contributed by atoms with van der Waals surface area (Å²) < 4.78 is 6.68. The standard InChI is InChI=1S/C17H15N5O3/c23-16(8-7-15-2-1-9-25-15)19-10-17(24)21-13-3-5-14(6-4-13)22-12-18-11-20-22/h1-9,11-12H,10H2,(H,19,23)(H,21,24). The topological polar surface area (TPSA) is 102 Å². The molecule has 0 unspecified atom stereocenters. The maximum atomic E-state index is 11.9. The van der Waals surface area contributed by atoms with Crippen LogP contribution in [0.4, 0.5) is 5.69 Å². The Morgan fingerprint density at radius 3 is 2.72 bits per heavy atom. The van der Waals surface area contributed by atoms with Crippen molar-refractivity contribution in [2.75, 3.05) is 11.9 Å². The lowest BCUT2D eigenvalue weighted by Crippen LogP contribution is -2.31. The molecule has 0 aliphatic heterocycles. The summed E-state index contributed by atoms with van der Waals surface area (Å²) in [6.45, 7) is -0.133. The minimum atomic E-state index is -0.381. The predicted molar refractivity (Wildman–Crippen MR) is 90.7 cm³/mol. The van der Waals surface area contributed by atoms with Gasteiger partial charge in [0.2, 0.25) is 11.8 Å². The fraction of sp³-hybridized carbons (Fsp3) is 0.0588. The second-order valence-electron chi connectivity index (χ2n) is 5.00. The van der Waals surface area contributed by atoms with Crippen molar-refractivity contribution in [3.8, 4) is 5.69 Å². The minimum absolute atomic E-state index is 0.133. The summed E-state index contributed by atoms with van der Waals surface area (Å²) in [6.07, 6.45) is 7.37. The Labute approximate surface area is 143 Å². The first-order chi connectivity index (χ1) is 12.2. The van der Waals surface area contributed by atoms with Gasteiger partial charge in [-0.05, 0) is 42.5 Å². The van der Waals surface area contributed by atoms with Gasteiger partial charge in [-0.3, -0.25) is 9.59 Å². The molecule has 0 saturated carbocycles. The van der Waals surface area contributed by atoms with Crippen molar-refractivity contribution in [3.05, 3.63) is 67.2 Å². The summed E-state index contributed by atoms with van der Waals surface area (Å²) in [5.41, 5.74) is 1.45. The molecule has 2 aromatic heterocycles. The van der Waals surface area contributed by atoms with Crippen molar-refractivity contribution in [1.29, 1.82) is 0 Å². The number of furan rings is 1. The molecule has 0 saturated heterocycles. The Kier molecular flexibility index (Phi) is 5.01. The number of hydrogen-bond acceptors (Lipinski definition) is 5. The van der Waals surface area contributed by atoms with Gasteiger partial charge in [0.1, 0.15) is 18.4 Å². The SMILES string of the molecule is O=C(C=Cc1ccco1)NCC(=O)Nc1ccc(-n2cncn2)cc1. The van der Waals surface area contributed by atoms with Crippen LogP contribution in [0.1, 0.15) is 5.76 Å². The molecule has 3 aromatic rings. The van der Waals surface area contributed by atoms with Gasteiger partial charge < -0.3 is 15.1 Å². The normalized spacial score (nSPS) is 10.7. The zero-order valence-electron chi connectivity index (χ0n) is 13.1. The second-order valence-corrected chi connectivity index (χ2v) is 5.00. The van der Waals surface area contributed by atoms with Crippen molar-refractivity contribution >= 4 is 23.6 Å². The third-order valence-electron chi connectivity index (χ3n) is 3.20. The van der Waals surface area contributed by atoms with Crippen molar-refractivity contribution in [1.82, 2.24) is 20.1 Å². The molecule has 0 radical (unpaired) electrons. The number of nitrogens with one attached hydrogen (secondary N) is 2. The smallest absolute Gasteiger partial charge is 0.244 e. The van der Waals surface area contributed by atoms with Crippen LogP contribution < -0.4 is 10.6 Å². The van der Waals surface area contributed by atoms with Gasteiger partial charge in [-0.1, -0.05) is 0 Å². The molecule has 25 heavy (non-hydrogen) atoms. The van der Waals surface area contributed by atoms with Gasteiger partial charge in [-0.15, -0.1) is 0 Å². The molecule has 0 spiro atoms.